The number of amides is 1. The molecule has 0 saturated carbocycles. The summed E-state index contributed by atoms with van der Waals surface area (Å²) < 4.78 is 13.0. The number of aryl methyl sites for hydroxylation is 2. The molecule has 0 bridgehead atoms. The van der Waals surface area contributed by atoms with Crippen LogP contribution in [0.4, 0.5) is 4.39 Å². The molecule has 1 aliphatic rings. The second-order valence-electron chi connectivity index (χ2n) is 7.35. The summed E-state index contributed by atoms with van der Waals surface area (Å²) in [5, 5.41) is 15.3. The van der Waals surface area contributed by atoms with Gasteiger partial charge in [-0.2, -0.15) is 5.26 Å². The molecule has 2 aromatic carbocycles. The molecule has 0 heterocycles. The van der Waals surface area contributed by atoms with Crippen molar-refractivity contribution in [2.24, 2.45) is 0 Å². The van der Waals surface area contributed by atoms with E-state index in [1.54, 1.807) is 12.1 Å². The van der Waals surface area contributed by atoms with Crippen LogP contribution >= 0.6 is 0 Å². The number of halogens is 1. The zero-order chi connectivity index (χ0) is 20.6. The van der Waals surface area contributed by atoms with E-state index in [4.69, 9.17) is 0 Å². The Morgan fingerprint density at radius 1 is 1.17 bits per heavy atom. The van der Waals surface area contributed by atoms with Gasteiger partial charge in [0.05, 0.1) is 6.04 Å². The van der Waals surface area contributed by atoms with E-state index in [0.29, 0.717) is 6.54 Å². The Hall–Kier alpha value is -3.13. The summed E-state index contributed by atoms with van der Waals surface area (Å²) in [5.74, 6) is -0.696. The van der Waals surface area contributed by atoms with Gasteiger partial charge in [-0.1, -0.05) is 37.3 Å². The van der Waals surface area contributed by atoms with Crippen LogP contribution < -0.4 is 10.6 Å². The van der Waals surface area contributed by atoms with Crippen LogP contribution in [0.15, 0.2) is 54.2 Å². The van der Waals surface area contributed by atoms with Gasteiger partial charge in [0.25, 0.3) is 5.91 Å². The predicted octanol–water partition coefficient (Wildman–Crippen LogP) is 4.47. The van der Waals surface area contributed by atoms with Crippen molar-refractivity contribution in [3.05, 3.63) is 82.3 Å². The highest BCUT2D eigenvalue weighted by Crippen LogP contribution is 2.26. The lowest BCUT2D eigenvalue weighted by Crippen LogP contribution is -2.30. The van der Waals surface area contributed by atoms with Crippen LogP contribution in [0.2, 0.25) is 0 Å². The molecule has 1 atom stereocenters. The first-order valence-corrected chi connectivity index (χ1v) is 10.1. The van der Waals surface area contributed by atoms with Gasteiger partial charge >= 0.3 is 0 Å². The molecule has 2 aromatic rings. The topological polar surface area (TPSA) is 64.9 Å². The number of nitrogens with zero attached hydrogens (tertiary/aromatic N) is 1. The number of hydrogen-bond acceptors (Lipinski definition) is 3. The maximum absolute atomic E-state index is 13.0. The molecule has 4 nitrogen and oxygen atoms in total. The highest BCUT2D eigenvalue weighted by atomic mass is 19.1. The van der Waals surface area contributed by atoms with Crippen molar-refractivity contribution in [3.8, 4) is 6.07 Å². The van der Waals surface area contributed by atoms with Crippen molar-refractivity contribution in [1.29, 1.82) is 5.26 Å². The first-order chi connectivity index (χ1) is 14.1. The second-order valence-corrected chi connectivity index (χ2v) is 7.35. The molecule has 1 aliphatic carbocycles. The van der Waals surface area contributed by atoms with Crippen molar-refractivity contribution in [1.82, 2.24) is 10.6 Å². The Labute approximate surface area is 171 Å². The molecule has 1 unspecified atom stereocenters. The van der Waals surface area contributed by atoms with Gasteiger partial charge in [-0.05, 0) is 66.5 Å². The number of nitriles is 1. The Bertz CT molecular complexity index is 928. The van der Waals surface area contributed by atoms with Crippen molar-refractivity contribution < 1.29 is 9.18 Å². The summed E-state index contributed by atoms with van der Waals surface area (Å²) in [7, 11) is 0. The standard InChI is InChI=1S/C24H26FN3O/c1-2-23(20-10-9-18-5-3-4-6-19(18)13-20)28-24(29)21(14-26)16-27-15-17-7-11-22(25)12-8-17/h7-13,16,23,27H,2-6,15H2,1H3,(H,28,29)/b21-16-. The van der Waals surface area contributed by atoms with Crippen molar-refractivity contribution in [2.75, 3.05) is 0 Å². The van der Waals surface area contributed by atoms with Crippen molar-refractivity contribution in [2.45, 2.75) is 51.6 Å². The van der Waals surface area contributed by atoms with Crippen LogP contribution in [0.25, 0.3) is 0 Å². The number of fused-ring (bicyclic) bond motifs is 1. The Balaban J connectivity index is 1.64. The average Bonchev–Trinajstić information content (AvgIpc) is 2.75. The maximum Gasteiger partial charge on any atom is 0.263 e. The van der Waals surface area contributed by atoms with E-state index in [-0.39, 0.29) is 17.4 Å². The van der Waals surface area contributed by atoms with Gasteiger partial charge in [0, 0.05) is 12.7 Å². The number of rotatable bonds is 7. The number of carbonyl (C=O) groups is 1. The molecule has 2 N–H and O–H groups in total. The van der Waals surface area contributed by atoms with Crippen molar-refractivity contribution >= 4 is 5.91 Å². The fraction of sp³-hybridized carbons (Fsp3) is 0.333. The molecular formula is C24H26FN3O. The molecule has 1 amide bonds. The van der Waals surface area contributed by atoms with E-state index < -0.39 is 5.91 Å². The van der Waals surface area contributed by atoms with Crippen molar-refractivity contribution in [3.63, 3.8) is 0 Å². The Morgan fingerprint density at radius 3 is 2.59 bits per heavy atom. The third kappa shape index (κ3) is 5.45. The smallest absolute Gasteiger partial charge is 0.263 e. The summed E-state index contributed by atoms with van der Waals surface area (Å²) >= 11 is 0. The normalized spacial score (nSPS) is 14.4. The fourth-order valence-electron chi connectivity index (χ4n) is 3.65. The van der Waals surface area contributed by atoms with E-state index in [1.165, 1.54) is 42.3 Å². The molecule has 0 fully saturated rings. The third-order valence-corrected chi connectivity index (χ3v) is 5.32. The summed E-state index contributed by atoms with van der Waals surface area (Å²) in [6.07, 6.45) is 6.82. The highest BCUT2D eigenvalue weighted by molar-refractivity contribution is 5.97. The fourth-order valence-corrected chi connectivity index (χ4v) is 3.65. The summed E-state index contributed by atoms with van der Waals surface area (Å²) in [5.41, 5.74) is 4.74. The number of hydrogen-bond donors (Lipinski definition) is 2. The van der Waals surface area contributed by atoms with Gasteiger partial charge in [-0.3, -0.25) is 4.79 Å². The molecule has 0 saturated heterocycles. The minimum atomic E-state index is -0.399. The van der Waals surface area contributed by atoms with Crippen LogP contribution in [0, 0.1) is 17.1 Å². The van der Waals surface area contributed by atoms with Gasteiger partial charge in [-0.25, -0.2) is 4.39 Å². The maximum atomic E-state index is 13.0. The molecule has 0 spiro atoms. The molecular weight excluding hydrogens is 365 g/mol. The van der Waals surface area contributed by atoms with Crippen LogP contribution in [-0.2, 0) is 24.2 Å². The largest absolute Gasteiger partial charge is 0.386 e. The monoisotopic (exact) mass is 391 g/mol. The molecule has 0 aromatic heterocycles. The molecule has 3 rings (SSSR count). The average molecular weight is 391 g/mol. The lowest BCUT2D eigenvalue weighted by atomic mass is 9.88. The Kier molecular flexibility index (Phi) is 7.02. The van der Waals surface area contributed by atoms with E-state index in [9.17, 15) is 14.4 Å². The molecule has 5 heteroatoms. The van der Waals surface area contributed by atoms with Gasteiger partial charge in [-0.15, -0.1) is 0 Å². The third-order valence-electron chi connectivity index (χ3n) is 5.32. The summed E-state index contributed by atoms with van der Waals surface area (Å²) in [6.45, 7) is 2.42. The van der Waals surface area contributed by atoms with Gasteiger partial charge < -0.3 is 10.6 Å². The zero-order valence-corrected chi connectivity index (χ0v) is 16.7. The summed E-state index contributed by atoms with van der Waals surface area (Å²) in [4.78, 5) is 12.6. The number of nitrogens with one attached hydrogen (secondary N) is 2. The van der Waals surface area contributed by atoms with Crippen LogP contribution in [0.5, 0.6) is 0 Å². The number of carbonyl (C=O) groups excluding carboxylic acids is 1. The lowest BCUT2D eigenvalue weighted by Gasteiger charge is -2.21. The lowest BCUT2D eigenvalue weighted by molar-refractivity contribution is -0.117. The SMILES string of the molecule is CCC(NC(=O)/C(C#N)=C\NCc1ccc(F)cc1)c1ccc2c(c1)CCCC2. The first-order valence-electron chi connectivity index (χ1n) is 10.1. The van der Waals surface area contributed by atoms with E-state index >= 15 is 0 Å². The van der Waals surface area contributed by atoms with Crippen LogP contribution in [-0.4, -0.2) is 5.91 Å². The second kappa shape index (κ2) is 9.88. The van der Waals surface area contributed by atoms with Crippen LogP contribution in [0.1, 0.15) is 54.5 Å². The van der Waals surface area contributed by atoms with Crippen LogP contribution in [0.3, 0.4) is 0 Å². The summed E-state index contributed by atoms with van der Waals surface area (Å²) in [6, 6.07) is 14.3. The zero-order valence-electron chi connectivity index (χ0n) is 16.7. The molecule has 0 radical (unpaired) electrons. The van der Waals surface area contributed by atoms with E-state index in [1.807, 2.05) is 13.0 Å². The molecule has 150 valence electrons. The minimum absolute atomic E-state index is 0.0171. The van der Waals surface area contributed by atoms with Gasteiger partial charge in [0.2, 0.25) is 0 Å². The van der Waals surface area contributed by atoms with E-state index in [2.05, 4.69) is 28.8 Å². The predicted molar refractivity (Wildman–Crippen MR) is 111 cm³/mol. The highest BCUT2D eigenvalue weighted by Gasteiger charge is 2.18. The van der Waals surface area contributed by atoms with E-state index in [0.717, 1.165) is 30.4 Å². The first kappa shape index (κ1) is 20.6. The molecule has 0 aliphatic heterocycles. The Morgan fingerprint density at radius 2 is 1.90 bits per heavy atom. The van der Waals surface area contributed by atoms with Gasteiger partial charge in [0.1, 0.15) is 17.5 Å². The quantitative estimate of drug-likeness (QED) is 0.541. The number of benzene rings is 2. The van der Waals surface area contributed by atoms with Gasteiger partial charge in [0.15, 0.2) is 0 Å². The molecule has 29 heavy (non-hydrogen) atoms. The minimum Gasteiger partial charge on any atom is -0.386 e.